The highest BCUT2D eigenvalue weighted by molar-refractivity contribution is 8.18. The molecule has 3 rings (SSSR count). The number of carbonyl (C=O) groups is 3. The summed E-state index contributed by atoms with van der Waals surface area (Å²) < 4.78 is 0. The molecule has 3 amide bonds. The summed E-state index contributed by atoms with van der Waals surface area (Å²) in [7, 11) is 0. The number of benzene rings is 2. The van der Waals surface area contributed by atoms with Crippen molar-refractivity contribution < 1.29 is 14.4 Å². The lowest BCUT2D eigenvalue weighted by Crippen LogP contribution is -2.36. The lowest BCUT2D eigenvalue weighted by atomic mass is 10.1. The van der Waals surface area contributed by atoms with E-state index in [1.54, 1.807) is 6.08 Å². The van der Waals surface area contributed by atoms with Crippen molar-refractivity contribution in [2.45, 2.75) is 27.7 Å². The van der Waals surface area contributed by atoms with Gasteiger partial charge in [-0.3, -0.25) is 19.3 Å². The van der Waals surface area contributed by atoms with Crippen LogP contribution in [0.1, 0.15) is 27.8 Å². The number of amides is 3. The number of imide groups is 1. The Balaban J connectivity index is 1.74. The van der Waals surface area contributed by atoms with Crippen LogP contribution in [0.25, 0.3) is 6.08 Å². The van der Waals surface area contributed by atoms with Crippen molar-refractivity contribution in [2.75, 3.05) is 11.9 Å². The molecule has 1 aliphatic rings. The van der Waals surface area contributed by atoms with Crippen molar-refractivity contribution in [3.63, 3.8) is 0 Å². The molecule has 0 aliphatic carbocycles. The second-order valence-electron chi connectivity index (χ2n) is 6.95. The predicted molar refractivity (Wildman–Crippen MR) is 113 cm³/mol. The zero-order valence-corrected chi connectivity index (χ0v) is 17.1. The van der Waals surface area contributed by atoms with Crippen LogP contribution in [-0.4, -0.2) is 28.5 Å². The van der Waals surface area contributed by atoms with E-state index in [1.165, 1.54) is 0 Å². The van der Waals surface area contributed by atoms with E-state index in [0.717, 1.165) is 50.2 Å². The predicted octanol–water partition coefficient (Wildman–Crippen LogP) is 4.60. The van der Waals surface area contributed by atoms with Gasteiger partial charge in [0, 0.05) is 5.69 Å². The molecule has 1 aliphatic heterocycles. The Labute approximate surface area is 168 Å². The van der Waals surface area contributed by atoms with Crippen LogP contribution in [0.15, 0.2) is 41.3 Å². The molecule has 0 aromatic heterocycles. The molecular formula is C22H22N2O3S. The van der Waals surface area contributed by atoms with Gasteiger partial charge in [-0.1, -0.05) is 42.0 Å². The van der Waals surface area contributed by atoms with Crippen LogP contribution in [0.2, 0.25) is 0 Å². The topological polar surface area (TPSA) is 66.5 Å². The normalized spacial score (nSPS) is 15.4. The molecule has 0 atom stereocenters. The number of anilines is 1. The maximum atomic E-state index is 12.6. The fourth-order valence-electron chi connectivity index (χ4n) is 3.23. The standard InChI is InChI=1S/C22H22N2O3S/c1-13-9-15(3)20(16(4)10-13)23-19(25)12-24-21(26)18(28-22(24)27)11-17-8-6-5-7-14(17)2/h5-11H,12H2,1-4H3,(H,23,25)/b18-11+. The van der Waals surface area contributed by atoms with Crippen LogP contribution in [0.5, 0.6) is 0 Å². The molecule has 0 saturated carbocycles. The molecule has 2 aromatic carbocycles. The molecule has 1 heterocycles. The van der Waals surface area contributed by atoms with Gasteiger partial charge in [0.1, 0.15) is 6.54 Å². The Morgan fingerprint density at radius 1 is 1.04 bits per heavy atom. The molecule has 1 fully saturated rings. The number of hydrogen-bond donors (Lipinski definition) is 1. The van der Waals surface area contributed by atoms with Crippen molar-refractivity contribution in [2.24, 2.45) is 0 Å². The first kappa shape index (κ1) is 19.9. The molecule has 0 unspecified atom stereocenters. The minimum atomic E-state index is -0.439. The highest BCUT2D eigenvalue weighted by Crippen LogP contribution is 2.32. The van der Waals surface area contributed by atoms with Crippen LogP contribution in [0.3, 0.4) is 0 Å². The van der Waals surface area contributed by atoms with Gasteiger partial charge in [-0.25, -0.2) is 0 Å². The molecule has 0 spiro atoms. The summed E-state index contributed by atoms with van der Waals surface area (Å²) in [5, 5.41) is 2.40. The number of thioether (sulfide) groups is 1. The van der Waals surface area contributed by atoms with Gasteiger partial charge in [-0.05, 0) is 67.8 Å². The first-order chi connectivity index (χ1) is 13.3. The molecule has 144 valence electrons. The maximum Gasteiger partial charge on any atom is 0.294 e. The molecule has 1 saturated heterocycles. The Kier molecular flexibility index (Phi) is 5.70. The Morgan fingerprint density at radius 3 is 2.32 bits per heavy atom. The zero-order chi connectivity index (χ0) is 20.4. The number of hydrogen-bond acceptors (Lipinski definition) is 4. The summed E-state index contributed by atoms with van der Waals surface area (Å²) in [6.45, 7) is 7.46. The van der Waals surface area contributed by atoms with E-state index >= 15 is 0 Å². The Hall–Kier alpha value is -2.86. The largest absolute Gasteiger partial charge is 0.324 e. The van der Waals surface area contributed by atoms with Gasteiger partial charge in [-0.15, -0.1) is 0 Å². The first-order valence-electron chi connectivity index (χ1n) is 8.95. The summed E-state index contributed by atoms with van der Waals surface area (Å²) in [6.07, 6.45) is 1.70. The fourth-order valence-corrected chi connectivity index (χ4v) is 4.06. The third-order valence-corrected chi connectivity index (χ3v) is 5.50. The molecule has 1 N–H and O–H groups in total. The monoisotopic (exact) mass is 394 g/mol. The van der Waals surface area contributed by atoms with Crippen LogP contribution in [-0.2, 0) is 9.59 Å². The van der Waals surface area contributed by atoms with E-state index in [0.29, 0.717) is 4.91 Å². The summed E-state index contributed by atoms with van der Waals surface area (Å²) >= 11 is 0.860. The van der Waals surface area contributed by atoms with Gasteiger partial charge in [0.05, 0.1) is 4.91 Å². The highest BCUT2D eigenvalue weighted by Gasteiger charge is 2.36. The van der Waals surface area contributed by atoms with E-state index in [-0.39, 0.29) is 6.54 Å². The van der Waals surface area contributed by atoms with E-state index in [1.807, 2.05) is 64.1 Å². The average molecular weight is 394 g/mol. The van der Waals surface area contributed by atoms with Gasteiger partial charge in [-0.2, -0.15) is 0 Å². The van der Waals surface area contributed by atoms with Crippen LogP contribution >= 0.6 is 11.8 Å². The highest BCUT2D eigenvalue weighted by atomic mass is 32.2. The summed E-state index contributed by atoms with van der Waals surface area (Å²) in [6, 6.07) is 11.6. The number of rotatable bonds is 4. The average Bonchev–Trinajstić information content (AvgIpc) is 2.87. The molecular weight excluding hydrogens is 372 g/mol. The van der Waals surface area contributed by atoms with Crippen molar-refractivity contribution in [1.29, 1.82) is 0 Å². The third-order valence-electron chi connectivity index (χ3n) is 4.59. The quantitative estimate of drug-likeness (QED) is 0.770. The van der Waals surface area contributed by atoms with E-state index in [4.69, 9.17) is 0 Å². The minimum Gasteiger partial charge on any atom is -0.324 e. The molecule has 0 radical (unpaired) electrons. The van der Waals surface area contributed by atoms with Crippen LogP contribution < -0.4 is 5.32 Å². The third kappa shape index (κ3) is 4.17. The summed E-state index contributed by atoms with van der Waals surface area (Å²) in [5.41, 5.74) is 5.61. The van der Waals surface area contributed by atoms with Gasteiger partial charge in [0.25, 0.3) is 11.1 Å². The van der Waals surface area contributed by atoms with Crippen molar-refractivity contribution >= 4 is 40.6 Å². The van der Waals surface area contributed by atoms with E-state index in [2.05, 4.69) is 5.32 Å². The maximum absolute atomic E-state index is 12.6. The lowest BCUT2D eigenvalue weighted by Gasteiger charge is -2.15. The number of nitrogens with zero attached hydrogens (tertiary/aromatic N) is 1. The lowest BCUT2D eigenvalue weighted by molar-refractivity contribution is -0.127. The second-order valence-corrected chi connectivity index (χ2v) is 7.94. The molecule has 0 bridgehead atoms. The zero-order valence-electron chi connectivity index (χ0n) is 16.3. The van der Waals surface area contributed by atoms with Crippen molar-refractivity contribution in [3.8, 4) is 0 Å². The fraction of sp³-hybridized carbons (Fsp3) is 0.227. The Bertz CT molecular complexity index is 988. The van der Waals surface area contributed by atoms with E-state index in [9.17, 15) is 14.4 Å². The number of nitrogens with one attached hydrogen (secondary N) is 1. The summed E-state index contributed by atoms with van der Waals surface area (Å²) in [4.78, 5) is 38.7. The van der Waals surface area contributed by atoms with Gasteiger partial charge in [0.15, 0.2) is 0 Å². The van der Waals surface area contributed by atoms with E-state index < -0.39 is 17.1 Å². The molecule has 6 heteroatoms. The van der Waals surface area contributed by atoms with Crippen LogP contribution in [0, 0.1) is 27.7 Å². The number of aryl methyl sites for hydroxylation is 4. The molecule has 2 aromatic rings. The first-order valence-corrected chi connectivity index (χ1v) is 9.76. The van der Waals surface area contributed by atoms with Gasteiger partial charge in [0.2, 0.25) is 5.91 Å². The van der Waals surface area contributed by atoms with Crippen molar-refractivity contribution in [3.05, 3.63) is 69.1 Å². The number of carbonyl (C=O) groups excluding carboxylic acids is 3. The molecule has 5 nitrogen and oxygen atoms in total. The smallest absolute Gasteiger partial charge is 0.294 e. The molecule has 28 heavy (non-hydrogen) atoms. The van der Waals surface area contributed by atoms with Gasteiger partial charge < -0.3 is 5.32 Å². The second kappa shape index (κ2) is 8.02. The van der Waals surface area contributed by atoms with Crippen molar-refractivity contribution in [1.82, 2.24) is 4.90 Å². The SMILES string of the molecule is Cc1cc(C)c(NC(=O)CN2C(=O)S/C(=C/c3ccccc3C)C2=O)c(C)c1. The minimum absolute atomic E-state index is 0.303. The Morgan fingerprint density at radius 2 is 1.68 bits per heavy atom. The summed E-state index contributed by atoms with van der Waals surface area (Å²) in [5.74, 6) is -0.833. The van der Waals surface area contributed by atoms with Gasteiger partial charge >= 0.3 is 0 Å². The van der Waals surface area contributed by atoms with Crippen LogP contribution in [0.4, 0.5) is 10.5 Å².